The molecule has 6 nitrogen and oxygen atoms in total. The molecular formula is C24H38N2O4. The quantitative estimate of drug-likeness (QED) is 0.652. The largest absolute Gasteiger partial charge is 0.493 e. The fraction of sp³-hybridized carbons (Fsp3) is 0.708. The summed E-state index contributed by atoms with van der Waals surface area (Å²) in [6.07, 6.45) is -9.78. The minimum atomic E-state index is -4.26. The van der Waals surface area contributed by atoms with Gasteiger partial charge in [-0.1, -0.05) is 27.6 Å². The third-order valence-electron chi connectivity index (χ3n) is 4.38. The van der Waals surface area contributed by atoms with Crippen LogP contribution in [-0.4, -0.2) is 50.1 Å². The molecule has 3 unspecified atom stereocenters. The van der Waals surface area contributed by atoms with E-state index >= 15 is 0 Å². The topological polar surface area (TPSA) is 74.0 Å². The van der Waals surface area contributed by atoms with Crippen LogP contribution in [-0.2, 0) is 16.0 Å². The van der Waals surface area contributed by atoms with Gasteiger partial charge < -0.3 is 19.9 Å². The second-order valence-electron chi connectivity index (χ2n) is 7.04. The minimum absolute atomic E-state index is 0.356. The Hall–Kier alpha value is -1.79. The molecule has 0 saturated carbocycles. The van der Waals surface area contributed by atoms with E-state index in [0.29, 0.717) is 4.90 Å². The average molecular weight is 442 g/mol. The molecule has 0 spiro atoms. The monoisotopic (exact) mass is 441 g/mol. The molecule has 3 rings (SSSR count). The highest BCUT2D eigenvalue weighted by molar-refractivity contribution is 5.76. The van der Waals surface area contributed by atoms with E-state index in [2.05, 4.69) is 0 Å². The zero-order valence-corrected chi connectivity index (χ0v) is 16.4. The predicted octanol–water partition coefficient (Wildman–Crippen LogP) is 3.56. The number of nitrogens with zero attached hydrogens (tertiary/aromatic N) is 1. The number of fused-ring (bicyclic) bond motifs is 3. The molecule has 2 aliphatic rings. The van der Waals surface area contributed by atoms with Crippen molar-refractivity contribution in [1.82, 2.24) is 4.90 Å². The van der Waals surface area contributed by atoms with Crippen LogP contribution in [0.5, 0.6) is 11.5 Å². The van der Waals surface area contributed by atoms with Gasteiger partial charge in [0.25, 0.3) is 0 Å². The van der Waals surface area contributed by atoms with Gasteiger partial charge >= 0.3 is 5.97 Å². The molecule has 30 heavy (non-hydrogen) atoms. The Morgan fingerprint density at radius 2 is 2.13 bits per heavy atom. The van der Waals surface area contributed by atoms with Crippen molar-refractivity contribution >= 4 is 5.97 Å². The van der Waals surface area contributed by atoms with E-state index in [9.17, 15) is 14.4 Å². The van der Waals surface area contributed by atoms with Gasteiger partial charge in [0.1, 0.15) is 12.1 Å². The molecule has 1 aromatic carbocycles. The van der Waals surface area contributed by atoms with E-state index in [1.165, 1.54) is 13.8 Å². The Morgan fingerprint density at radius 1 is 1.40 bits per heavy atom. The summed E-state index contributed by atoms with van der Waals surface area (Å²) in [6, 6.07) is -10.3. The SMILES string of the molecule is [2H]c1c2c(c([2H])c(OC([2H])([2H])[2H])c1OC([2H])([2H])[2H])C1([2H])N(CC2)C([2H])([2H])C([2H])(CC(C)C)C([2H])(OC(=O)[C@@]([2H])(N)C([2H])(C([2H])([2H])[2H])C([2H])([2H])[2H])C1([2H])[2H]. The highest BCUT2D eigenvalue weighted by Gasteiger charge is 2.41. The molecular weight excluding hydrogens is 380 g/mol. The number of carbonyl (C=O) groups is 1. The first-order valence-electron chi connectivity index (χ1n) is 20.5. The van der Waals surface area contributed by atoms with Gasteiger partial charge in [-0.25, -0.2) is 0 Å². The molecule has 0 amide bonds. The lowest BCUT2D eigenvalue weighted by molar-refractivity contribution is -0.160. The van der Waals surface area contributed by atoms with Gasteiger partial charge in [0, 0.05) is 47.8 Å². The van der Waals surface area contributed by atoms with Crippen LogP contribution in [0.3, 0.4) is 0 Å². The van der Waals surface area contributed by atoms with Crippen LogP contribution < -0.4 is 15.2 Å². The Bertz CT molecular complexity index is 1600. The first-order chi connectivity index (χ1) is 23.2. The van der Waals surface area contributed by atoms with Crippen molar-refractivity contribution in [2.75, 3.05) is 27.1 Å². The van der Waals surface area contributed by atoms with Crippen molar-refractivity contribution in [3.8, 4) is 11.5 Å². The zero-order chi connectivity index (χ0) is 41.9. The summed E-state index contributed by atoms with van der Waals surface area (Å²) in [5.74, 6) is -13.6. The van der Waals surface area contributed by atoms with E-state index in [1.807, 2.05) is 0 Å². The molecule has 1 aromatic rings. The van der Waals surface area contributed by atoms with Crippen LogP contribution in [0.1, 0.15) is 89.0 Å². The number of hydrogen-bond donors (Lipinski definition) is 1. The van der Waals surface area contributed by atoms with Crippen LogP contribution in [0, 0.1) is 17.7 Å². The fourth-order valence-electron chi connectivity index (χ4n) is 3.03. The molecule has 1 fully saturated rings. The number of hydrogen-bond acceptors (Lipinski definition) is 6. The maximum absolute atomic E-state index is 13.8. The van der Waals surface area contributed by atoms with Crippen LogP contribution in [0.2, 0.25) is 0 Å². The predicted molar refractivity (Wildman–Crippen MR) is 118 cm³/mol. The molecule has 6 heteroatoms. The lowest BCUT2D eigenvalue weighted by atomic mass is 9.79. The molecule has 0 bridgehead atoms. The van der Waals surface area contributed by atoms with Gasteiger partial charge in [-0.2, -0.15) is 0 Å². The van der Waals surface area contributed by atoms with Crippen molar-refractivity contribution in [1.29, 1.82) is 0 Å². The second-order valence-corrected chi connectivity index (χ2v) is 7.04. The van der Waals surface area contributed by atoms with Gasteiger partial charge in [-0.3, -0.25) is 9.69 Å². The van der Waals surface area contributed by atoms with Crippen LogP contribution in [0.15, 0.2) is 12.1 Å². The van der Waals surface area contributed by atoms with Crippen LogP contribution >= 0.6 is 0 Å². The van der Waals surface area contributed by atoms with Gasteiger partial charge in [0.15, 0.2) is 11.5 Å². The number of esters is 1. The summed E-state index contributed by atoms with van der Waals surface area (Å²) in [5, 5.41) is 0. The fourth-order valence-corrected chi connectivity index (χ4v) is 3.03. The Labute approximate surface area is 213 Å². The highest BCUT2D eigenvalue weighted by Crippen LogP contribution is 2.44. The molecule has 2 aliphatic heterocycles. The normalized spacial score (nSPS) is 49.9. The third kappa shape index (κ3) is 4.75. The van der Waals surface area contributed by atoms with E-state index in [1.54, 1.807) is 0 Å². The Morgan fingerprint density at radius 3 is 2.80 bits per heavy atom. The molecule has 0 aromatic heterocycles. The number of benzene rings is 1. The lowest BCUT2D eigenvalue weighted by Gasteiger charge is -2.47. The molecule has 0 aliphatic carbocycles. The number of piperidine rings is 1. The first-order valence-corrected chi connectivity index (χ1v) is 9.00. The standard InChI is InChI=1S/C24H38N2O4/c1-14(2)9-17-13-26-8-7-16-10-21(28-5)22(29-6)11-18(16)19(26)12-20(17)30-24(27)23(25)15(3)4/h10-11,14-15,17,19-20,23H,7-9,12-13,25H2,1-6H3/t17?,19?,20?,23-/m0/s1/i3D3,4D3,5D3,6D3,10D,11D,12D2,13D2,15D,17D,19D,20D,23D. The third-order valence-corrected chi connectivity index (χ3v) is 4.38. The van der Waals surface area contributed by atoms with Gasteiger partial charge in [-0.05, 0) is 47.9 Å². The van der Waals surface area contributed by atoms with E-state index in [0.717, 1.165) is 0 Å². The molecule has 1 saturated heterocycles. The van der Waals surface area contributed by atoms with Gasteiger partial charge in [0.05, 0.1) is 29.2 Å². The molecule has 4 atom stereocenters. The van der Waals surface area contributed by atoms with Crippen LogP contribution in [0.25, 0.3) is 0 Å². The maximum Gasteiger partial charge on any atom is 0.323 e. The summed E-state index contributed by atoms with van der Waals surface area (Å²) in [7, 11) is -6.91. The van der Waals surface area contributed by atoms with Crippen molar-refractivity contribution in [2.45, 2.75) is 64.9 Å². The van der Waals surface area contributed by atoms with E-state index < -0.39 is 137 Å². The van der Waals surface area contributed by atoms with Crippen molar-refractivity contribution in [3.05, 3.63) is 23.2 Å². The number of nitrogens with two attached hydrogens (primary N) is 1. The Kier molecular flexibility index (Phi) is 2.35. The molecule has 0 radical (unpaired) electrons. The summed E-state index contributed by atoms with van der Waals surface area (Å²) in [4.78, 5) is 14.2. The highest BCUT2D eigenvalue weighted by atomic mass is 16.5. The molecule has 2 heterocycles. The second kappa shape index (κ2) is 9.56. The van der Waals surface area contributed by atoms with E-state index in [4.69, 9.17) is 41.9 Å². The number of carbonyl (C=O) groups excluding carboxylic acids is 1. The van der Waals surface area contributed by atoms with Crippen molar-refractivity contribution in [3.63, 3.8) is 0 Å². The Balaban J connectivity index is 2.54. The van der Waals surface area contributed by atoms with Crippen molar-refractivity contribution in [2.24, 2.45) is 23.4 Å². The minimum Gasteiger partial charge on any atom is -0.493 e. The average Bonchev–Trinajstić information content (AvgIpc) is 2.92. The lowest BCUT2D eigenvalue weighted by Crippen LogP contribution is -2.51. The summed E-state index contributed by atoms with van der Waals surface area (Å²) in [6.45, 7) is -9.72. The van der Waals surface area contributed by atoms with E-state index in [-0.39, 0.29) is 0 Å². The van der Waals surface area contributed by atoms with Crippen LogP contribution in [0.4, 0.5) is 0 Å². The van der Waals surface area contributed by atoms with Gasteiger partial charge in [0.2, 0.25) is 0 Å². The smallest absolute Gasteiger partial charge is 0.323 e. The molecule has 168 valence electrons. The first kappa shape index (κ1) is 7.38. The van der Waals surface area contributed by atoms with Gasteiger partial charge in [-0.15, -0.1) is 0 Å². The summed E-state index contributed by atoms with van der Waals surface area (Å²) < 4.78 is 206. The summed E-state index contributed by atoms with van der Waals surface area (Å²) >= 11 is 0. The molecule has 2 N–H and O–H groups in total. The number of rotatable bonds is 7. The number of ether oxygens (including phenoxy) is 3. The summed E-state index contributed by atoms with van der Waals surface area (Å²) in [5.41, 5.74) is 3.94. The number of methoxy groups -OCH3 is 2. The van der Waals surface area contributed by atoms with Crippen molar-refractivity contribution < 1.29 is 50.5 Å². The zero-order valence-electron chi connectivity index (χ0n) is 39.4. The maximum atomic E-state index is 13.8.